The highest BCUT2D eigenvalue weighted by Crippen LogP contribution is 2.34. The van der Waals surface area contributed by atoms with Gasteiger partial charge in [0.15, 0.2) is 0 Å². The van der Waals surface area contributed by atoms with Gasteiger partial charge in [-0.3, -0.25) is 4.79 Å². The van der Waals surface area contributed by atoms with Crippen molar-refractivity contribution >= 4 is 21.6 Å². The number of halogens is 1. The summed E-state index contributed by atoms with van der Waals surface area (Å²) < 4.78 is 43.3. The molecule has 2 heterocycles. The van der Waals surface area contributed by atoms with Crippen LogP contribution in [0.5, 0.6) is 0 Å². The van der Waals surface area contributed by atoms with Gasteiger partial charge in [-0.25, -0.2) is 12.8 Å². The van der Waals surface area contributed by atoms with Crippen LogP contribution in [0.1, 0.15) is 42.6 Å². The molecule has 0 bridgehead atoms. The number of sulfonamides is 1. The number of nitrogens with zero attached hydrogens (tertiary/aromatic N) is 3. The summed E-state index contributed by atoms with van der Waals surface area (Å²) in [6.45, 7) is 4.46. The standard InChI is InChI=1S/C24H30FN3O3S/c1-19(29)26-13-15-27(16-14-26)23-11-10-20(17-22(23)25)18-28-12-6-5-9-24(32(28,30)31)21-7-3-2-4-8-21/h2-4,7-8,10-11,17,24H,5-6,9,12-16,18H2,1H3. The zero-order chi connectivity index (χ0) is 22.7. The first kappa shape index (κ1) is 22.7. The zero-order valence-corrected chi connectivity index (χ0v) is 19.2. The molecule has 0 spiro atoms. The molecule has 0 aromatic heterocycles. The average molecular weight is 460 g/mol. The van der Waals surface area contributed by atoms with Gasteiger partial charge < -0.3 is 9.80 Å². The minimum absolute atomic E-state index is 0.0351. The van der Waals surface area contributed by atoms with Crippen molar-refractivity contribution in [1.82, 2.24) is 9.21 Å². The molecule has 0 saturated carbocycles. The van der Waals surface area contributed by atoms with Crippen LogP contribution in [0, 0.1) is 5.82 Å². The second-order valence-corrected chi connectivity index (χ2v) is 10.7. The van der Waals surface area contributed by atoms with Crippen molar-refractivity contribution in [3.8, 4) is 0 Å². The van der Waals surface area contributed by atoms with Gasteiger partial charge in [0, 0.05) is 46.2 Å². The smallest absolute Gasteiger partial charge is 0.221 e. The fraction of sp³-hybridized carbons (Fsp3) is 0.458. The van der Waals surface area contributed by atoms with Crippen LogP contribution < -0.4 is 4.90 Å². The molecule has 2 aliphatic heterocycles. The van der Waals surface area contributed by atoms with E-state index >= 15 is 0 Å². The second kappa shape index (κ2) is 9.58. The summed E-state index contributed by atoms with van der Waals surface area (Å²) in [5.74, 6) is -0.321. The zero-order valence-electron chi connectivity index (χ0n) is 18.4. The molecule has 2 saturated heterocycles. The molecule has 2 aromatic rings. The number of piperazine rings is 1. The Balaban J connectivity index is 1.50. The lowest BCUT2D eigenvalue weighted by Crippen LogP contribution is -2.48. The van der Waals surface area contributed by atoms with E-state index in [2.05, 4.69) is 0 Å². The normalized spacial score (nSPS) is 21.9. The molecule has 2 fully saturated rings. The third kappa shape index (κ3) is 4.81. The number of hydrogen-bond donors (Lipinski definition) is 0. The van der Waals surface area contributed by atoms with Gasteiger partial charge in [-0.1, -0.05) is 42.8 Å². The SMILES string of the molecule is CC(=O)N1CCN(c2ccc(CN3CCCCC(c4ccccc4)S3(=O)=O)cc2F)CC1. The Morgan fingerprint density at radius 3 is 2.38 bits per heavy atom. The van der Waals surface area contributed by atoms with Crippen LogP contribution in [-0.4, -0.2) is 56.3 Å². The number of amides is 1. The van der Waals surface area contributed by atoms with Gasteiger partial charge in [-0.2, -0.15) is 4.31 Å². The summed E-state index contributed by atoms with van der Waals surface area (Å²) in [5, 5.41) is -0.562. The van der Waals surface area contributed by atoms with Gasteiger partial charge in [0.05, 0.1) is 5.69 Å². The fourth-order valence-corrected chi connectivity index (χ4v) is 6.66. The summed E-state index contributed by atoms with van der Waals surface area (Å²) in [6.07, 6.45) is 2.24. The first-order chi connectivity index (χ1) is 15.4. The first-order valence-corrected chi connectivity index (χ1v) is 12.7. The van der Waals surface area contributed by atoms with Gasteiger partial charge in [0.25, 0.3) is 0 Å². The van der Waals surface area contributed by atoms with E-state index in [0.29, 0.717) is 50.4 Å². The van der Waals surface area contributed by atoms with Crippen LogP contribution in [0.15, 0.2) is 48.5 Å². The molecule has 0 aliphatic carbocycles. The van der Waals surface area contributed by atoms with E-state index in [4.69, 9.17) is 0 Å². The summed E-state index contributed by atoms with van der Waals surface area (Å²) >= 11 is 0. The lowest BCUT2D eigenvalue weighted by molar-refractivity contribution is -0.129. The van der Waals surface area contributed by atoms with Crippen molar-refractivity contribution in [3.63, 3.8) is 0 Å². The Labute approximate surface area is 189 Å². The van der Waals surface area contributed by atoms with Crippen LogP contribution in [0.4, 0.5) is 10.1 Å². The number of hydrogen-bond acceptors (Lipinski definition) is 4. The summed E-state index contributed by atoms with van der Waals surface area (Å²) in [4.78, 5) is 15.2. The maximum absolute atomic E-state index is 15.0. The lowest BCUT2D eigenvalue weighted by atomic mass is 10.1. The summed E-state index contributed by atoms with van der Waals surface area (Å²) in [6, 6.07) is 14.3. The third-order valence-electron chi connectivity index (χ3n) is 6.45. The van der Waals surface area contributed by atoms with Crippen molar-refractivity contribution in [3.05, 3.63) is 65.5 Å². The van der Waals surface area contributed by atoms with Crippen LogP contribution in [-0.2, 0) is 21.4 Å². The molecule has 172 valence electrons. The Bertz CT molecular complexity index is 1050. The predicted molar refractivity (Wildman–Crippen MR) is 123 cm³/mol. The van der Waals surface area contributed by atoms with Gasteiger partial charge >= 0.3 is 0 Å². The number of benzene rings is 2. The molecule has 1 atom stereocenters. The quantitative estimate of drug-likeness (QED) is 0.702. The van der Waals surface area contributed by atoms with Crippen molar-refractivity contribution < 1.29 is 17.6 Å². The summed E-state index contributed by atoms with van der Waals surface area (Å²) in [5.41, 5.74) is 1.95. The number of carbonyl (C=O) groups excluding carboxylic acids is 1. The maximum Gasteiger partial charge on any atom is 0.221 e. The van der Waals surface area contributed by atoms with E-state index in [1.54, 1.807) is 17.9 Å². The number of rotatable bonds is 4. The van der Waals surface area contributed by atoms with Crippen molar-refractivity contribution in [1.29, 1.82) is 0 Å². The highest BCUT2D eigenvalue weighted by atomic mass is 32.2. The Kier molecular flexibility index (Phi) is 6.81. The van der Waals surface area contributed by atoms with E-state index < -0.39 is 15.3 Å². The third-order valence-corrected chi connectivity index (χ3v) is 8.71. The van der Waals surface area contributed by atoms with E-state index in [-0.39, 0.29) is 18.3 Å². The molecule has 32 heavy (non-hydrogen) atoms. The van der Waals surface area contributed by atoms with Gasteiger partial charge in [0.1, 0.15) is 11.1 Å². The molecule has 6 nitrogen and oxygen atoms in total. The number of carbonyl (C=O) groups is 1. The molecule has 2 aromatic carbocycles. The summed E-state index contributed by atoms with van der Waals surface area (Å²) in [7, 11) is -3.55. The van der Waals surface area contributed by atoms with Crippen LogP contribution in [0.25, 0.3) is 0 Å². The monoisotopic (exact) mass is 459 g/mol. The lowest BCUT2D eigenvalue weighted by Gasteiger charge is -2.35. The molecule has 1 unspecified atom stereocenters. The van der Waals surface area contributed by atoms with Crippen LogP contribution >= 0.6 is 0 Å². The Morgan fingerprint density at radius 1 is 1.00 bits per heavy atom. The van der Waals surface area contributed by atoms with E-state index in [1.165, 1.54) is 10.4 Å². The fourth-order valence-electron chi connectivity index (χ4n) is 4.62. The van der Waals surface area contributed by atoms with Crippen molar-refractivity contribution in [2.75, 3.05) is 37.6 Å². The minimum atomic E-state index is -3.55. The molecule has 2 aliphatic rings. The molecule has 0 radical (unpaired) electrons. The Hall–Kier alpha value is -2.45. The van der Waals surface area contributed by atoms with Crippen molar-refractivity contribution in [2.24, 2.45) is 0 Å². The molecule has 1 amide bonds. The molecule has 4 rings (SSSR count). The topological polar surface area (TPSA) is 60.9 Å². The highest BCUT2D eigenvalue weighted by molar-refractivity contribution is 7.89. The van der Waals surface area contributed by atoms with Gasteiger partial charge in [0.2, 0.25) is 15.9 Å². The van der Waals surface area contributed by atoms with E-state index in [0.717, 1.165) is 18.4 Å². The molecular weight excluding hydrogens is 429 g/mol. The van der Waals surface area contributed by atoms with Crippen LogP contribution in [0.2, 0.25) is 0 Å². The van der Waals surface area contributed by atoms with E-state index in [9.17, 15) is 17.6 Å². The molecular formula is C24H30FN3O3S. The molecule has 8 heteroatoms. The average Bonchev–Trinajstić information content (AvgIpc) is 2.92. The minimum Gasteiger partial charge on any atom is -0.366 e. The van der Waals surface area contributed by atoms with Crippen molar-refractivity contribution in [2.45, 2.75) is 38.0 Å². The van der Waals surface area contributed by atoms with E-state index in [1.807, 2.05) is 41.3 Å². The Morgan fingerprint density at radius 2 is 1.72 bits per heavy atom. The first-order valence-electron chi connectivity index (χ1n) is 11.2. The predicted octanol–water partition coefficient (Wildman–Crippen LogP) is 3.55. The van der Waals surface area contributed by atoms with Gasteiger partial charge in [-0.15, -0.1) is 0 Å². The van der Waals surface area contributed by atoms with Gasteiger partial charge in [-0.05, 0) is 36.1 Å². The van der Waals surface area contributed by atoms with Crippen LogP contribution in [0.3, 0.4) is 0 Å². The largest absolute Gasteiger partial charge is 0.366 e. The molecule has 0 N–H and O–H groups in total. The second-order valence-electron chi connectivity index (χ2n) is 8.55. The number of anilines is 1. The highest BCUT2D eigenvalue weighted by Gasteiger charge is 2.35. The maximum atomic E-state index is 15.0.